The smallest absolute Gasteiger partial charge is 0.234 e. The van der Waals surface area contributed by atoms with Crippen molar-refractivity contribution in [3.8, 4) is 17.0 Å². The van der Waals surface area contributed by atoms with Gasteiger partial charge in [0.15, 0.2) is 0 Å². The molecule has 0 saturated heterocycles. The molecule has 0 spiro atoms. The van der Waals surface area contributed by atoms with Gasteiger partial charge in [-0.05, 0) is 42.5 Å². The minimum absolute atomic E-state index is 0.0109. The molecular formula is C25H29ClFN5O4. The molecule has 3 rings (SSSR count). The van der Waals surface area contributed by atoms with E-state index in [2.05, 4.69) is 15.6 Å². The zero-order chi connectivity index (χ0) is 26.1. The lowest BCUT2D eigenvalue weighted by atomic mass is 10.1. The normalized spacial score (nSPS) is 11.0. The fourth-order valence-electron chi connectivity index (χ4n) is 3.58. The lowest BCUT2D eigenvalue weighted by Gasteiger charge is -2.19. The first-order valence-corrected chi connectivity index (χ1v) is 11.6. The third kappa shape index (κ3) is 7.28. The van der Waals surface area contributed by atoms with Gasteiger partial charge >= 0.3 is 0 Å². The maximum atomic E-state index is 13.4. The van der Waals surface area contributed by atoms with Crippen LogP contribution in [0.15, 0.2) is 48.5 Å². The van der Waals surface area contributed by atoms with E-state index in [-0.39, 0.29) is 56.9 Å². The first-order chi connectivity index (χ1) is 17.3. The van der Waals surface area contributed by atoms with Crippen LogP contribution in [0.5, 0.6) is 5.75 Å². The number of nitrogens with zero attached hydrogens (tertiary/aromatic N) is 2. The zero-order valence-electron chi connectivity index (χ0n) is 19.5. The number of hydrogen-bond donors (Lipinski definition) is 6. The first-order valence-electron chi connectivity index (χ1n) is 11.3. The Morgan fingerprint density at radius 2 is 1.81 bits per heavy atom. The maximum absolute atomic E-state index is 13.4. The summed E-state index contributed by atoms with van der Waals surface area (Å²) in [7, 11) is 0. The topological polar surface area (TPSA) is 144 Å². The third-order valence-electron chi connectivity index (χ3n) is 5.45. The number of pyridine rings is 1. The van der Waals surface area contributed by atoms with Gasteiger partial charge in [0, 0.05) is 52.7 Å². The van der Waals surface area contributed by atoms with Crippen molar-refractivity contribution in [2.45, 2.75) is 13.2 Å². The number of alkyl halides is 1. The van der Waals surface area contributed by atoms with Gasteiger partial charge in [0.25, 0.3) is 0 Å². The van der Waals surface area contributed by atoms with E-state index < -0.39 is 6.67 Å². The van der Waals surface area contributed by atoms with Crippen LogP contribution in [0.1, 0.15) is 11.1 Å². The van der Waals surface area contributed by atoms with Gasteiger partial charge in [-0.2, -0.15) is 0 Å². The number of rotatable bonds is 12. The number of aromatic hydroxyl groups is 1. The molecule has 192 valence electrons. The Bertz CT molecular complexity index is 1190. The second-order valence-corrected chi connectivity index (χ2v) is 8.47. The predicted molar refractivity (Wildman–Crippen MR) is 138 cm³/mol. The lowest BCUT2D eigenvalue weighted by Crippen LogP contribution is -2.39. The standard InChI is InChI=1S/C25H29ClFN5O4/c26-18-2-5-21(17(11-18)13-27)30-19-3-6-23(35)20(12-19)22-4-1-16(25(28)31-22)14-29-24(36)15-32(7-9-33)8-10-34/h1-6,11-12,30,33-35H,7-10,13-15H2,(H2,28,31)(H,29,36). The Hall–Kier alpha value is -3.44. The number of aliphatic hydroxyl groups is 2. The van der Waals surface area contributed by atoms with E-state index in [1.165, 1.54) is 6.07 Å². The number of carbonyl (C=O) groups is 1. The van der Waals surface area contributed by atoms with Gasteiger partial charge in [-0.1, -0.05) is 17.7 Å². The molecule has 0 aliphatic heterocycles. The summed E-state index contributed by atoms with van der Waals surface area (Å²) in [4.78, 5) is 18.2. The van der Waals surface area contributed by atoms with Gasteiger partial charge in [0.1, 0.15) is 18.2 Å². The van der Waals surface area contributed by atoms with E-state index >= 15 is 0 Å². The van der Waals surface area contributed by atoms with Gasteiger partial charge < -0.3 is 31.7 Å². The highest BCUT2D eigenvalue weighted by Gasteiger charge is 2.13. The highest BCUT2D eigenvalue weighted by molar-refractivity contribution is 6.30. The average Bonchev–Trinajstić information content (AvgIpc) is 2.85. The fourth-order valence-corrected chi connectivity index (χ4v) is 3.77. The monoisotopic (exact) mass is 517 g/mol. The Kier molecular flexibility index (Phi) is 9.83. The number of hydrogen-bond acceptors (Lipinski definition) is 8. The Labute approximate surface area is 213 Å². The molecule has 0 radical (unpaired) electrons. The van der Waals surface area contributed by atoms with Gasteiger partial charge in [0.2, 0.25) is 5.91 Å². The predicted octanol–water partition coefficient (Wildman–Crippen LogP) is 2.81. The highest BCUT2D eigenvalue weighted by atomic mass is 35.5. The quantitative estimate of drug-likeness (QED) is 0.201. The lowest BCUT2D eigenvalue weighted by molar-refractivity contribution is -0.122. The van der Waals surface area contributed by atoms with E-state index in [0.29, 0.717) is 38.8 Å². The molecule has 9 nitrogen and oxygen atoms in total. The molecule has 1 amide bonds. The molecule has 3 aromatic rings. The molecule has 11 heteroatoms. The van der Waals surface area contributed by atoms with Crippen LogP contribution in [0, 0.1) is 0 Å². The molecule has 0 fully saturated rings. The molecule has 1 aromatic heterocycles. The van der Waals surface area contributed by atoms with Gasteiger partial charge in [-0.15, -0.1) is 0 Å². The van der Waals surface area contributed by atoms with Crippen LogP contribution in [0.3, 0.4) is 0 Å². The number of anilines is 3. The van der Waals surface area contributed by atoms with Gasteiger partial charge in [-0.25, -0.2) is 9.37 Å². The molecule has 0 aliphatic rings. The highest BCUT2D eigenvalue weighted by Crippen LogP contribution is 2.33. The van der Waals surface area contributed by atoms with Crippen molar-refractivity contribution in [1.82, 2.24) is 15.2 Å². The number of nitrogens with two attached hydrogens (primary N) is 1. The molecule has 0 unspecified atom stereocenters. The van der Waals surface area contributed by atoms with Crippen LogP contribution in [0.4, 0.5) is 21.6 Å². The third-order valence-corrected chi connectivity index (χ3v) is 5.69. The molecule has 0 bridgehead atoms. The number of amides is 1. The van der Waals surface area contributed by atoms with E-state index in [4.69, 9.17) is 27.5 Å². The van der Waals surface area contributed by atoms with E-state index in [9.17, 15) is 14.3 Å². The molecule has 0 aliphatic carbocycles. The minimum atomic E-state index is -0.690. The van der Waals surface area contributed by atoms with Crippen molar-refractivity contribution in [1.29, 1.82) is 0 Å². The molecule has 1 heterocycles. The summed E-state index contributed by atoms with van der Waals surface area (Å²) >= 11 is 5.95. The van der Waals surface area contributed by atoms with Crippen molar-refractivity contribution < 1.29 is 24.5 Å². The van der Waals surface area contributed by atoms with Crippen LogP contribution < -0.4 is 16.4 Å². The fraction of sp³-hybridized carbons (Fsp3) is 0.280. The van der Waals surface area contributed by atoms with E-state index in [1.807, 2.05) is 0 Å². The number of phenolic OH excluding ortho intramolecular Hbond substituents is 1. The number of aromatic nitrogens is 1. The van der Waals surface area contributed by atoms with Crippen LogP contribution in [0.25, 0.3) is 11.3 Å². The number of halogens is 2. The second-order valence-electron chi connectivity index (χ2n) is 8.03. The zero-order valence-corrected chi connectivity index (χ0v) is 20.3. The molecule has 2 aromatic carbocycles. The Balaban J connectivity index is 1.72. The Morgan fingerprint density at radius 1 is 1.06 bits per heavy atom. The summed E-state index contributed by atoms with van der Waals surface area (Å²) < 4.78 is 13.4. The molecule has 0 atom stereocenters. The number of nitrogens with one attached hydrogen (secondary N) is 2. The van der Waals surface area contributed by atoms with Crippen molar-refractivity contribution in [3.05, 3.63) is 64.7 Å². The van der Waals surface area contributed by atoms with Crippen molar-refractivity contribution in [2.75, 3.05) is 43.9 Å². The number of phenols is 1. The van der Waals surface area contributed by atoms with Crippen molar-refractivity contribution >= 4 is 34.7 Å². The van der Waals surface area contributed by atoms with Crippen molar-refractivity contribution in [2.24, 2.45) is 0 Å². The first kappa shape index (κ1) is 27.2. The van der Waals surface area contributed by atoms with Crippen LogP contribution in [-0.4, -0.2) is 64.0 Å². The van der Waals surface area contributed by atoms with Gasteiger partial charge in [0.05, 0.1) is 25.5 Å². The number of nitrogen functional groups attached to an aromatic ring is 1. The summed E-state index contributed by atoms with van der Waals surface area (Å²) in [5.41, 5.74) is 9.10. The minimum Gasteiger partial charge on any atom is -0.507 e. The van der Waals surface area contributed by atoms with E-state index in [0.717, 1.165) is 0 Å². The van der Waals surface area contributed by atoms with Crippen LogP contribution >= 0.6 is 11.6 Å². The molecule has 0 saturated carbocycles. The summed E-state index contributed by atoms with van der Waals surface area (Å²) in [6.07, 6.45) is 0. The van der Waals surface area contributed by atoms with E-state index in [1.54, 1.807) is 47.4 Å². The summed E-state index contributed by atoms with van der Waals surface area (Å²) in [5, 5.41) is 34.8. The average molecular weight is 518 g/mol. The maximum Gasteiger partial charge on any atom is 0.234 e. The van der Waals surface area contributed by atoms with Crippen LogP contribution in [-0.2, 0) is 18.0 Å². The molecule has 36 heavy (non-hydrogen) atoms. The summed E-state index contributed by atoms with van der Waals surface area (Å²) in [6.45, 7) is -0.214. The summed E-state index contributed by atoms with van der Waals surface area (Å²) in [6, 6.07) is 13.1. The number of aliphatic hydroxyl groups excluding tert-OH is 2. The molecular weight excluding hydrogens is 489 g/mol. The molecule has 7 N–H and O–H groups in total. The van der Waals surface area contributed by atoms with Crippen LogP contribution in [0.2, 0.25) is 5.02 Å². The number of benzene rings is 2. The number of carbonyl (C=O) groups excluding carboxylic acids is 1. The second kappa shape index (κ2) is 13.0. The van der Waals surface area contributed by atoms with Crippen molar-refractivity contribution in [3.63, 3.8) is 0 Å². The van der Waals surface area contributed by atoms with Gasteiger partial charge in [-0.3, -0.25) is 9.69 Å². The largest absolute Gasteiger partial charge is 0.507 e. The Morgan fingerprint density at radius 3 is 2.47 bits per heavy atom. The summed E-state index contributed by atoms with van der Waals surface area (Å²) in [5.74, 6) is -0.111. The SMILES string of the molecule is Nc1nc(-c2cc(Nc3ccc(Cl)cc3CF)ccc2O)ccc1CNC(=O)CN(CCO)CCO.